The molecule has 136 valence electrons. The minimum Gasteiger partial charge on any atom is -0.361 e. The van der Waals surface area contributed by atoms with E-state index in [4.69, 9.17) is 0 Å². The highest BCUT2D eigenvalue weighted by atomic mass is 16.3. The normalized spacial score (nSPS) is 38.5. The molecule has 6 heteroatoms. The van der Waals surface area contributed by atoms with Gasteiger partial charge in [-0.05, 0) is 63.1 Å². The van der Waals surface area contributed by atoms with E-state index in [2.05, 4.69) is 4.98 Å². The second kappa shape index (κ2) is 5.95. The fourth-order valence-corrected chi connectivity index (χ4v) is 5.38. The SMILES string of the molecule is CN1C(O)N(CC(=O)c2ccc[nH]2)C(=O)C1(C)C1CC2CCC1CC2. The number of Topliss-reactive ketones (excluding diaryl/α,β-unsaturated/α-hetero) is 1. The predicted octanol–water partition coefficient (Wildman–Crippen LogP) is 1.83. The van der Waals surface area contributed by atoms with Crippen LogP contribution in [0.3, 0.4) is 0 Å². The van der Waals surface area contributed by atoms with Crippen molar-refractivity contribution in [1.82, 2.24) is 14.8 Å². The molecular weight excluding hydrogens is 318 g/mol. The molecule has 1 aliphatic heterocycles. The zero-order chi connectivity index (χ0) is 17.8. The number of hydrogen-bond acceptors (Lipinski definition) is 4. The summed E-state index contributed by atoms with van der Waals surface area (Å²) in [7, 11) is 1.81. The van der Waals surface area contributed by atoms with Crippen LogP contribution < -0.4 is 0 Å². The molecule has 5 rings (SSSR count). The topological polar surface area (TPSA) is 76.6 Å². The Kier molecular flexibility index (Phi) is 4.00. The number of H-pyrrole nitrogens is 1. The lowest BCUT2D eigenvalue weighted by Crippen LogP contribution is -2.56. The number of carbonyl (C=O) groups excluding carboxylic acids is 2. The zero-order valence-electron chi connectivity index (χ0n) is 14.9. The Hall–Kier alpha value is -1.66. The van der Waals surface area contributed by atoms with E-state index >= 15 is 0 Å². The number of aromatic nitrogens is 1. The number of rotatable bonds is 4. The zero-order valence-corrected chi connectivity index (χ0v) is 14.9. The van der Waals surface area contributed by atoms with E-state index in [9.17, 15) is 14.7 Å². The first-order valence-electron chi connectivity index (χ1n) is 9.31. The van der Waals surface area contributed by atoms with E-state index in [0.29, 0.717) is 17.5 Å². The molecule has 2 heterocycles. The molecule has 1 amide bonds. The molecule has 1 aromatic heterocycles. The largest absolute Gasteiger partial charge is 0.361 e. The van der Waals surface area contributed by atoms with Crippen molar-refractivity contribution in [2.45, 2.75) is 50.9 Å². The summed E-state index contributed by atoms with van der Waals surface area (Å²) in [4.78, 5) is 31.7. The maximum Gasteiger partial charge on any atom is 0.246 e. The first-order valence-corrected chi connectivity index (χ1v) is 9.31. The van der Waals surface area contributed by atoms with Gasteiger partial charge in [0.1, 0.15) is 5.54 Å². The van der Waals surface area contributed by atoms with E-state index in [0.717, 1.165) is 6.42 Å². The number of likely N-dealkylation sites (N-methyl/N-ethyl adjacent to an activating group) is 1. The lowest BCUT2D eigenvalue weighted by Gasteiger charge is -2.50. The Morgan fingerprint density at radius 1 is 1.36 bits per heavy atom. The number of aliphatic hydroxyl groups excluding tert-OH is 1. The second-order valence-corrected chi connectivity index (χ2v) is 8.17. The highest BCUT2D eigenvalue weighted by Gasteiger charge is 2.59. The minimum absolute atomic E-state index is 0.0960. The maximum atomic E-state index is 13.3. The molecule has 0 spiro atoms. The first kappa shape index (κ1) is 16.8. The number of hydrogen-bond donors (Lipinski definition) is 2. The van der Waals surface area contributed by atoms with Gasteiger partial charge in [-0.3, -0.25) is 14.5 Å². The minimum atomic E-state index is -1.04. The van der Waals surface area contributed by atoms with Gasteiger partial charge in [0, 0.05) is 6.20 Å². The third kappa shape index (κ3) is 2.46. The van der Waals surface area contributed by atoms with Crippen LogP contribution in [0.4, 0.5) is 0 Å². The lowest BCUT2D eigenvalue weighted by molar-refractivity contribution is -0.138. The Morgan fingerprint density at radius 3 is 2.64 bits per heavy atom. The Morgan fingerprint density at radius 2 is 2.08 bits per heavy atom. The van der Waals surface area contributed by atoms with Crippen LogP contribution in [0.5, 0.6) is 0 Å². The summed E-state index contributed by atoms with van der Waals surface area (Å²) in [6.45, 7) is 1.87. The van der Waals surface area contributed by atoms with Crippen LogP contribution in [0.25, 0.3) is 0 Å². The molecule has 6 nitrogen and oxygen atoms in total. The summed E-state index contributed by atoms with van der Waals surface area (Å²) < 4.78 is 0. The fraction of sp³-hybridized carbons (Fsp3) is 0.684. The van der Waals surface area contributed by atoms with Crippen molar-refractivity contribution in [3.8, 4) is 0 Å². The third-order valence-electron chi connectivity index (χ3n) is 7.03. The monoisotopic (exact) mass is 345 g/mol. The van der Waals surface area contributed by atoms with Crippen LogP contribution in [-0.2, 0) is 4.79 Å². The highest BCUT2D eigenvalue weighted by molar-refractivity contribution is 5.99. The van der Waals surface area contributed by atoms with E-state index in [1.807, 2.05) is 14.0 Å². The summed E-state index contributed by atoms with van der Waals surface area (Å²) >= 11 is 0. The van der Waals surface area contributed by atoms with Crippen LogP contribution in [0.15, 0.2) is 18.3 Å². The molecule has 2 N–H and O–H groups in total. The first-order chi connectivity index (χ1) is 11.9. The van der Waals surface area contributed by atoms with Gasteiger partial charge < -0.3 is 10.1 Å². The van der Waals surface area contributed by atoms with Gasteiger partial charge in [-0.25, -0.2) is 4.90 Å². The van der Waals surface area contributed by atoms with Gasteiger partial charge in [-0.15, -0.1) is 0 Å². The quantitative estimate of drug-likeness (QED) is 0.817. The van der Waals surface area contributed by atoms with Crippen molar-refractivity contribution >= 4 is 11.7 Å². The molecule has 3 atom stereocenters. The molecule has 3 saturated carbocycles. The molecule has 1 saturated heterocycles. The molecule has 4 aliphatic rings. The molecule has 3 unspecified atom stereocenters. The number of aliphatic hydroxyl groups is 1. The number of fused-ring (bicyclic) bond motifs is 3. The molecule has 2 bridgehead atoms. The standard InChI is InChI=1S/C19H27N3O3/c1-19(14-10-12-5-7-13(14)8-6-12)17(24)22(18(25)21(19)2)11-16(23)15-4-3-9-20-15/h3-4,9,12-14,18,20,25H,5-8,10-11H2,1-2H3. The fourth-order valence-electron chi connectivity index (χ4n) is 5.38. The molecule has 25 heavy (non-hydrogen) atoms. The van der Waals surface area contributed by atoms with Crippen molar-refractivity contribution < 1.29 is 14.7 Å². The van der Waals surface area contributed by atoms with E-state index in [1.165, 1.54) is 30.6 Å². The van der Waals surface area contributed by atoms with Crippen LogP contribution >= 0.6 is 0 Å². The number of ketones is 1. The summed E-state index contributed by atoms with van der Waals surface area (Å²) in [5.41, 5.74) is -0.257. The number of amides is 1. The highest BCUT2D eigenvalue weighted by Crippen LogP contribution is 2.52. The average molecular weight is 345 g/mol. The second-order valence-electron chi connectivity index (χ2n) is 8.17. The molecule has 3 aliphatic carbocycles. The summed E-state index contributed by atoms with van der Waals surface area (Å²) in [5.74, 6) is 1.23. The number of nitrogens with one attached hydrogen (secondary N) is 1. The van der Waals surface area contributed by atoms with Gasteiger partial charge in [0.2, 0.25) is 5.91 Å². The number of nitrogens with zero attached hydrogens (tertiary/aromatic N) is 2. The van der Waals surface area contributed by atoms with Crippen molar-refractivity contribution in [3.05, 3.63) is 24.0 Å². The van der Waals surface area contributed by atoms with Gasteiger partial charge >= 0.3 is 0 Å². The molecule has 1 aromatic rings. The van der Waals surface area contributed by atoms with E-state index in [-0.39, 0.29) is 24.2 Å². The summed E-state index contributed by atoms with van der Waals surface area (Å²) in [6.07, 6.45) is 6.61. The number of aromatic amines is 1. The molecule has 0 aromatic carbocycles. The Balaban J connectivity index is 1.58. The summed E-state index contributed by atoms with van der Waals surface area (Å²) in [6, 6.07) is 3.45. The van der Waals surface area contributed by atoms with Gasteiger partial charge in [0.25, 0.3) is 0 Å². The number of carbonyl (C=O) groups is 2. The van der Waals surface area contributed by atoms with Crippen LogP contribution in [-0.4, -0.2) is 57.1 Å². The van der Waals surface area contributed by atoms with Gasteiger partial charge in [0.05, 0.1) is 12.2 Å². The Labute approximate surface area is 148 Å². The van der Waals surface area contributed by atoms with E-state index in [1.54, 1.807) is 23.2 Å². The van der Waals surface area contributed by atoms with Crippen molar-refractivity contribution in [1.29, 1.82) is 0 Å². The van der Waals surface area contributed by atoms with Crippen molar-refractivity contribution in [2.75, 3.05) is 13.6 Å². The van der Waals surface area contributed by atoms with Crippen LogP contribution in [0.2, 0.25) is 0 Å². The predicted molar refractivity (Wildman–Crippen MR) is 92.6 cm³/mol. The van der Waals surface area contributed by atoms with Crippen molar-refractivity contribution in [3.63, 3.8) is 0 Å². The molecule has 0 radical (unpaired) electrons. The van der Waals surface area contributed by atoms with Gasteiger partial charge in [0.15, 0.2) is 12.1 Å². The summed E-state index contributed by atoms with van der Waals surface area (Å²) in [5, 5.41) is 10.7. The van der Waals surface area contributed by atoms with Gasteiger partial charge in [-0.1, -0.05) is 12.8 Å². The average Bonchev–Trinajstić information content (AvgIpc) is 3.23. The Bertz CT molecular complexity index is 665. The molecular formula is C19H27N3O3. The van der Waals surface area contributed by atoms with Gasteiger partial charge in [-0.2, -0.15) is 0 Å². The maximum absolute atomic E-state index is 13.3. The molecule has 4 fully saturated rings. The van der Waals surface area contributed by atoms with Crippen LogP contribution in [0.1, 0.15) is 49.5 Å². The van der Waals surface area contributed by atoms with Crippen LogP contribution in [0, 0.1) is 17.8 Å². The van der Waals surface area contributed by atoms with Crippen molar-refractivity contribution in [2.24, 2.45) is 17.8 Å². The van der Waals surface area contributed by atoms with E-state index < -0.39 is 11.9 Å². The third-order valence-corrected chi connectivity index (χ3v) is 7.03. The smallest absolute Gasteiger partial charge is 0.246 e. The lowest BCUT2D eigenvalue weighted by atomic mass is 9.59.